The zero-order valence-electron chi connectivity index (χ0n) is 10.7. The van der Waals surface area contributed by atoms with E-state index in [0.29, 0.717) is 10.6 Å². The molecular weight excluding hydrogens is 301 g/mol. The van der Waals surface area contributed by atoms with E-state index in [2.05, 4.69) is 4.72 Å². The van der Waals surface area contributed by atoms with Gasteiger partial charge in [-0.1, -0.05) is 35.9 Å². The summed E-state index contributed by atoms with van der Waals surface area (Å²) in [5.41, 5.74) is 0.661. The molecule has 2 rings (SSSR count). The Labute approximate surface area is 122 Å². The van der Waals surface area contributed by atoms with Crippen molar-refractivity contribution in [3.8, 4) is 0 Å². The molecule has 0 aliphatic rings. The number of halogens is 2. The van der Waals surface area contributed by atoms with Gasteiger partial charge >= 0.3 is 0 Å². The second kappa shape index (κ2) is 5.91. The third kappa shape index (κ3) is 3.36. The summed E-state index contributed by atoms with van der Waals surface area (Å²) in [5.74, 6) is -0.599. The van der Waals surface area contributed by atoms with E-state index in [9.17, 15) is 12.8 Å². The monoisotopic (exact) mass is 313 g/mol. The molecule has 1 atom stereocenters. The molecule has 2 aromatic rings. The van der Waals surface area contributed by atoms with Gasteiger partial charge in [-0.25, -0.2) is 17.5 Å². The van der Waals surface area contributed by atoms with Gasteiger partial charge in [0, 0.05) is 11.1 Å². The van der Waals surface area contributed by atoms with Crippen LogP contribution in [0.5, 0.6) is 0 Å². The Balaban J connectivity index is 2.27. The third-order valence-corrected chi connectivity index (χ3v) is 4.69. The first-order valence-electron chi connectivity index (χ1n) is 5.92. The van der Waals surface area contributed by atoms with Gasteiger partial charge in [0.2, 0.25) is 10.0 Å². The average molecular weight is 314 g/mol. The molecule has 0 bridgehead atoms. The highest BCUT2D eigenvalue weighted by atomic mass is 35.5. The predicted octanol–water partition coefficient (Wildman–Crippen LogP) is 3.52. The summed E-state index contributed by atoms with van der Waals surface area (Å²) in [6, 6.07) is 11.3. The zero-order chi connectivity index (χ0) is 14.8. The van der Waals surface area contributed by atoms with Gasteiger partial charge in [-0.15, -0.1) is 0 Å². The van der Waals surface area contributed by atoms with Crippen molar-refractivity contribution in [3.05, 3.63) is 64.9 Å². The van der Waals surface area contributed by atoms with E-state index in [0.717, 1.165) is 6.07 Å². The van der Waals surface area contributed by atoms with Crippen LogP contribution in [-0.2, 0) is 10.0 Å². The van der Waals surface area contributed by atoms with Crippen molar-refractivity contribution in [1.82, 2.24) is 4.72 Å². The lowest BCUT2D eigenvalue weighted by molar-refractivity contribution is 0.564. The summed E-state index contributed by atoms with van der Waals surface area (Å²) < 4.78 is 39.9. The Morgan fingerprint density at radius 2 is 1.85 bits per heavy atom. The van der Waals surface area contributed by atoms with Crippen LogP contribution in [0.4, 0.5) is 4.39 Å². The van der Waals surface area contributed by atoms with Crippen molar-refractivity contribution in [2.75, 3.05) is 0 Å². The average Bonchev–Trinajstić information content (AvgIpc) is 2.38. The molecule has 0 fully saturated rings. The highest BCUT2D eigenvalue weighted by Gasteiger charge is 2.19. The summed E-state index contributed by atoms with van der Waals surface area (Å²) in [7, 11) is -3.80. The van der Waals surface area contributed by atoms with Crippen LogP contribution in [0.1, 0.15) is 18.5 Å². The fraction of sp³-hybridized carbons (Fsp3) is 0.143. The van der Waals surface area contributed by atoms with Crippen LogP contribution in [0.25, 0.3) is 0 Å². The van der Waals surface area contributed by atoms with Crippen LogP contribution in [-0.4, -0.2) is 8.42 Å². The molecular formula is C14H13ClFNO2S. The first-order chi connectivity index (χ1) is 9.40. The summed E-state index contributed by atoms with van der Waals surface area (Å²) in [4.78, 5) is -0.114. The van der Waals surface area contributed by atoms with Crippen LogP contribution in [0.15, 0.2) is 53.4 Å². The van der Waals surface area contributed by atoms with Gasteiger partial charge < -0.3 is 0 Å². The molecule has 0 saturated carbocycles. The van der Waals surface area contributed by atoms with E-state index >= 15 is 0 Å². The summed E-state index contributed by atoms with van der Waals surface area (Å²) in [6.45, 7) is 1.68. The lowest BCUT2D eigenvalue weighted by atomic mass is 10.1. The first-order valence-corrected chi connectivity index (χ1v) is 7.78. The Morgan fingerprint density at radius 1 is 1.15 bits per heavy atom. The lowest BCUT2D eigenvalue weighted by Crippen LogP contribution is -2.27. The van der Waals surface area contributed by atoms with E-state index in [1.807, 2.05) is 0 Å². The number of sulfonamides is 1. The minimum atomic E-state index is -3.80. The Bertz CT molecular complexity index is 719. The van der Waals surface area contributed by atoms with E-state index in [1.165, 1.54) is 18.2 Å². The molecule has 3 nitrogen and oxygen atoms in total. The van der Waals surface area contributed by atoms with Gasteiger partial charge in [-0.05, 0) is 36.8 Å². The van der Waals surface area contributed by atoms with E-state index in [4.69, 9.17) is 11.6 Å². The fourth-order valence-corrected chi connectivity index (χ4v) is 3.38. The van der Waals surface area contributed by atoms with Crippen molar-refractivity contribution in [1.29, 1.82) is 0 Å². The topological polar surface area (TPSA) is 46.2 Å². The Kier molecular flexibility index (Phi) is 4.42. The molecule has 1 N–H and O–H groups in total. The number of benzene rings is 2. The highest BCUT2D eigenvalue weighted by molar-refractivity contribution is 7.89. The number of hydrogen-bond acceptors (Lipinski definition) is 2. The molecule has 0 saturated heterocycles. The molecule has 106 valence electrons. The van der Waals surface area contributed by atoms with Crippen LogP contribution >= 0.6 is 11.6 Å². The van der Waals surface area contributed by atoms with Gasteiger partial charge in [-0.2, -0.15) is 0 Å². The zero-order valence-corrected chi connectivity index (χ0v) is 12.2. The van der Waals surface area contributed by atoms with Gasteiger partial charge in [0.25, 0.3) is 0 Å². The number of rotatable bonds is 4. The van der Waals surface area contributed by atoms with Gasteiger partial charge in [0.1, 0.15) is 5.82 Å². The van der Waals surface area contributed by atoms with Crippen LogP contribution in [0.3, 0.4) is 0 Å². The maximum Gasteiger partial charge on any atom is 0.241 e. The molecule has 0 heterocycles. The van der Waals surface area contributed by atoms with Crippen LogP contribution < -0.4 is 4.72 Å². The summed E-state index contributed by atoms with van der Waals surface area (Å²) in [5, 5.41) is 0.474. The smallest absolute Gasteiger partial charge is 0.207 e. The van der Waals surface area contributed by atoms with Crippen molar-refractivity contribution in [2.45, 2.75) is 17.9 Å². The summed E-state index contributed by atoms with van der Waals surface area (Å²) >= 11 is 6.02. The molecule has 0 aliphatic heterocycles. The first kappa shape index (κ1) is 15.0. The minimum absolute atomic E-state index is 0.114. The van der Waals surface area contributed by atoms with Crippen molar-refractivity contribution in [3.63, 3.8) is 0 Å². The van der Waals surface area contributed by atoms with Crippen LogP contribution in [0.2, 0.25) is 5.02 Å². The number of hydrogen-bond donors (Lipinski definition) is 1. The van der Waals surface area contributed by atoms with Gasteiger partial charge in [0.15, 0.2) is 0 Å². The fourth-order valence-electron chi connectivity index (χ4n) is 1.82. The molecule has 6 heteroatoms. The molecule has 0 unspecified atom stereocenters. The summed E-state index contributed by atoms with van der Waals surface area (Å²) in [6.07, 6.45) is 0. The molecule has 20 heavy (non-hydrogen) atoms. The van der Waals surface area contributed by atoms with Gasteiger partial charge in [0.05, 0.1) is 4.90 Å². The molecule has 0 aromatic heterocycles. The highest BCUT2D eigenvalue weighted by Crippen LogP contribution is 2.24. The van der Waals surface area contributed by atoms with E-state index in [-0.39, 0.29) is 4.90 Å². The van der Waals surface area contributed by atoms with Crippen molar-refractivity contribution >= 4 is 21.6 Å². The van der Waals surface area contributed by atoms with E-state index in [1.54, 1.807) is 31.2 Å². The Morgan fingerprint density at radius 3 is 2.50 bits per heavy atom. The van der Waals surface area contributed by atoms with Crippen LogP contribution in [0, 0.1) is 5.82 Å². The normalized spacial score (nSPS) is 13.2. The number of nitrogens with one attached hydrogen (secondary N) is 1. The van der Waals surface area contributed by atoms with Gasteiger partial charge in [-0.3, -0.25) is 0 Å². The standard InChI is InChI=1S/C14H13ClFNO2S/c1-10(13-7-2-3-8-14(13)15)17-20(18,19)12-6-4-5-11(16)9-12/h2-10,17H,1H3/t10-/m1/s1. The minimum Gasteiger partial charge on any atom is -0.207 e. The lowest BCUT2D eigenvalue weighted by Gasteiger charge is -2.16. The maximum absolute atomic E-state index is 13.1. The Hall–Kier alpha value is -1.43. The molecule has 0 radical (unpaired) electrons. The maximum atomic E-state index is 13.1. The molecule has 0 aliphatic carbocycles. The molecule has 2 aromatic carbocycles. The van der Waals surface area contributed by atoms with Crippen molar-refractivity contribution < 1.29 is 12.8 Å². The second-order valence-electron chi connectivity index (χ2n) is 4.32. The largest absolute Gasteiger partial charge is 0.241 e. The quantitative estimate of drug-likeness (QED) is 0.938. The SMILES string of the molecule is C[C@@H](NS(=O)(=O)c1cccc(F)c1)c1ccccc1Cl. The molecule has 0 amide bonds. The van der Waals surface area contributed by atoms with E-state index < -0.39 is 21.9 Å². The molecule has 0 spiro atoms. The van der Waals surface area contributed by atoms with Crippen molar-refractivity contribution in [2.24, 2.45) is 0 Å². The second-order valence-corrected chi connectivity index (χ2v) is 6.44. The predicted molar refractivity (Wildman–Crippen MR) is 76.6 cm³/mol. The third-order valence-electron chi connectivity index (χ3n) is 2.81.